The average molecular weight is 360 g/mol. The van der Waals surface area contributed by atoms with Gasteiger partial charge in [0.15, 0.2) is 0 Å². The summed E-state index contributed by atoms with van der Waals surface area (Å²) in [7, 11) is 3.94. The second-order valence-corrected chi connectivity index (χ2v) is 8.15. The molecule has 5 heteroatoms. The molecule has 0 spiro atoms. The first-order chi connectivity index (χ1) is 12.2. The largest absolute Gasteiger partial charge is 0.355 e. The van der Waals surface area contributed by atoms with Gasteiger partial charge in [-0.15, -0.1) is 0 Å². The highest BCUT2D eigenvalue weighted by Crippen LogP contribution is 2.41. The van der Waals surface area contributed by atoms with Crippen molar-refractivity contribution in [1.29, 1.82) is 0 Å². The van der Waals surface area contributed by atoms with Crippen LogP contribution in [0.25, 0.3) is 0 Å². The van der Waals surface area contributed by atoms with Crippen molar-refractivity contribution in [3.8, 4) is 0 Å². The third kappa shape index (κ3) is 5.07. The lowest BCUT2D eigenvalue weighted by Gasteiger charge is -2.20. The first-order valence-electron chi connectivity index (χ1n) is 9.58. The number of nitrogens with one attached hydrogen (secondary N) is 2. The van der Waals surface area contributed by atoms with E-state index >= 15 is 0 Å². The second-order valence-electron chi connectivity index (χ2n) is 8.15. The molecule has 0 aromatic heterocycles. The molecule has 0 radical (unpaired) electrons. The summed E-state index contributed by atoms with van der Waals surface area (Å²) < 4.78 is 0. The van der Waals surface area contributed by atoms with Crippen molar-refractivity contribution in [2.24, 2.45) is 11.8 Å². The molecule has 1 aromatic rings. The summed E-state index contributed by atoms with van der Waals surface area (Å²) in [4.78, 5) is 26.9. The van der Waals surface area contributed by atoms with Crippen molar-refractivity contribution in [2.45, 2.75) is 46.0 Å². The van der Waals surface area contributed by atoms with Gasteiger partial charge in [-0.3, -0.25) is 9.59 Å². The number of rotatable bonds is 8. The minimum absolute atomic E-state index is 0.00627. The minimum Gasteiger partial charge on any atom is -0.355 e. The highest BCUT2D eigenvalue weighted by Gasteiger charge is 2.48. The number of anilines is 1. The number of carbonyl (C=O) groups excluding carboxylic acids is 2. The zero-order valence-corrected chi connectivity index (χ0v) is 16.9. The first kappa shape index (κ1) is 20.4. The summed E-state index contributed by atoms with van der Waals surface area (Å²) in [5.74, 6) is 0.211. The van der Waals surface area contributed by atoms with E-state index in [1.165, 1.54) is 0 Å². The molecule has 1 saturated carbocycles. The average Bonchev–Trinajstić information content (AvgIpc) is 3.34. The molecule has 2 atom stereocenters. The summed E-state index contributed by atoms with van der Waals surface area (Å²) in [5.41, 5.74) is 3.23. The molecule has 0 heterocycles. The highest BCUT2D eigenvalue weighted by atomic mass is 16.2. The van der Waals surface area contributed by atoms with Gasteiger partial charge in [0, 0.05) is 18.8 Å². The van der Waals surface area contributed by atoms with E-state index in [2.05, 4.69) is 56.5 Å². The molecular formula is C21H33N3O2. The predicted octanol–water partition coefficient (Wildman–Crippen LogP) is 3.19. The molecule has 2 rings (SSSR count). The van der Waals surface area contributed by atoms with E-state index in [9.17, 15) is 9.59 Å². The van der Waals surface area contributed by atoms with Gasteiger partial charge in [0.1, 0.15) is 0 Å². The van der Waals surface area contributed by atoms with Crippen molar-refractivity contribution >= 4 is 17.5 Å². The topological polar surface area (TPSA) is 61.4 Å². The fourth-order valence-electron chi connectivity index (χ4n) is 3.22. The summed E-state index contributed by atoms with van der Waals surface area (Å²) in [6.45, 7) is 9.94. The predicted molar refractivity (Wildman–Crippen MR) is 106 cm³/mol. The number of amides is 2. The van der Waals surface area contributed by atoms with Crippen LogP contribution in [0.15, 0.2) is 18.2 Å². The van der Waals surface area contributed by atoms with Crippen LogP contribution in [-0.2, 0) is 9.59 Å². The van der Waals surface area contributed by atoms with Crippen LogP contribution in [0.3, 0.4) is 0 Å². The maximum Gasteiger partial charge on any atom is 0.228 e. The van der Waals surface area contributed by atoms with Gasteiger partial charge in [-0.25, -0.2) is 0 Å². The highest BCUT2D eigenvalue weighted by molar-refractivity contribution is 6.00. The normalized spacial score (nSPS) is 19.1. The van der Waals surface area contributed by atoms with Gasteiger partial charge < -0.3 is 15.5 Å². The molecule has 1 aromatic carbocycles. The fourth-order valence-corrected chi connectivity index (χ4v) is 3.22. The van der Waals surface area contributed by atoms with Crippen LogP contribution >= 0.6 is 0 Å². The molecule has 26 heavy (non-hydrogen) atoms. The Balaban J connectivity index is 2.02. The van der Waals surface area contributed by atoms with Gasteiger partial charge in [-0.1, -0.05) is 45.9 Å². The zero-order valence-electron chi connectivity index (χ0n) is 16.9. The Bertz CT molecular complexity index is 626. The van der Waals surface area contributed by atoms with Crippen molar-refractivity contribution < 1.29 is 9.59 Å². The van der Waals surface area contributed by atoms with E-state index in [0.29, 0.717) is 24.8 Å². The van der Waals surface area contributed by atoms with Gasteiger partial charge >= 0.3 is 0 Å². The molecule has 1 aliphatic rings. The molecule has 1 aliphatic carbocycles. The monoisotopic (exact) mass is 359 g/mol. The Hall–Kier alpha value is -1.88. The third-order valence-corrected chi connectivity index (χ3v) is 4.94. The maximum atomic E-state index is 12.7. The molecule has 0 bridgehead atoms. The third-order valence-electron chi connectivity index (χ3n) is 4.94. The van der Waals surface area contributed by atoms with E-state index in [4.69, 9.17) is 0 Å². The molecule has 1 fully saturated rings. The molecular weight excluding hydrogens is 326 g/mol. The number of nitrogens with zero attached hydrogens (tertiary/aromatic N) is 1. The minimum atomic E-state index is -0.213. The number of carbonyl (C=O) groups is 2. The van der Waals surface area contributed by atoms with Gasteiger partial charge in [0.2, 0.25) is 11.8 Å². The molecule has 2 unspecified atom stereocenters. The van der Waals surface area contributed by atoms with E-state index in [1.807, 2.05) is 19.0 Å². The number of likely N-dealkylation sites (N-methyl/N-ethyl adjacent to an activating group) is 1. The van der Waals surface area contributed by atoms with E-state index in [0.717, 1.165) is 23.4 Å². The molecule has 2 amide bonds. The Morgan fingerprint density at radius 3 is 2.08 bits per heavy atom. The van der Waals surface area contributed by atoms with Crippen molar-refractivity contribution in [2.75, 3.05) is 32.5 Å². The summed E-state index contributed by atoms with van der Waals surface area (Å²) in [6.07, 6.45) is 0.639. The van der Waals surface area contributed by atoms with E-state index in [-0.39, 0.29) is 23.7 Å². The zero-order chi connectivity index (χ0) is 19.4. The molecule has 144 valence electrons. The van der Waals surface area contributed by atoms with Crippen LogP contribution in [0.2, 0.25) is 0 Å². The maximum absolute atomic E-state index is 12.7. The van der Waals surface area contributed by atoms with Crippen LogP contribution in [0.5, 0.6) is 0 Å². The van der Waals surface area contributed by atoms with Crippen LogP contribution < -0.4 is 10.6 Å². The lowest BCUT2D eigenvalue weighted by molar-refractivity contribution is -0.125. The van der Waals surface area contributed by atoms with E-state index in [1.54, 1.807) is 0 Å². The Kier molecular flexibility index (Phi) is 6.81. The van der Waals surface area contributed by atoms with E-state index < -0.39 is 0 Å². The summed E-state index contributed by atoms with van der Waals surface area (Å²) >= 11 is 0. The molecule has 0 saturated heterocycles. The van der Waals surface area contributed by atoms with Crippen molar-refractivity contribution in [3.05, 3.63) is 29.3 Å². The second kappa shape index (κ2) is 8.67. The van der Waals surface area contributed by atoms with Gasteiger partial charge in [-0.05, 0) is 43.5 Å². The standard InChI is InChI=1S/C21H33N3O2/c1-13(2)15-8-7-9-16(14(3)4)19(15)23-21(26)18-12-17(18)20(25)22-10-11-24(5)6/h7-9,13-14,17-18H,10-12H2,1-6H3,(H,22,25)(H,23,26). The quantitative estimate of drug-likeness (QED) is 0.749. The molecule has 0 aliphatic heterocycles. The van der Waals surface area contributed by atoms with Crippen LogP contribution in [-0.4, -0.2) is 43.9 Å². The van der Waals surface area contributed by atoms with Gasteiger partial charge in [-0.2, -0.15) is 0 Å². The lowest BCUT2D eigenvalue weighted by Crippen LogP contribution is -2.33. The number of hydrogen-bond acceptors (Lipinski definition) is 3. The fraction of sp³-hybridized carbons (Fsp3) is 0.619. The number of benzene rings is 1. The van der Waals surface area contributed by atoms with Crippen LogP contribution in [0.1, 0.15) is 57.1 Å². The Morgan fingerprint density at radius 2 is 1.58 bits per heavy atom. The Labute approximate surface area is 157 Å². The van der Waals surface area contributed by atoms with Gasteiger partial charge in [0.05, 0.1) is 11.8 Å². The van der Waals surface area contributed by atoms with Crippen LogP contribution in [0, 0.1) is 11.8 Å². The SMILES string of the molecule is CC(C)c1cccc(C(C)C)c1NC(=O)C1CC1C(=O)NCCN(C)C. The molecule has 2 N–H and O–H groups in total. The van der Waals surface area contributed by atoms with Crippen LogP contribution in [0.4, 0.5) is 5.69 Å². The number of hydrogen-bond donors (Lipinski definition) is 2. The van der Waals surface area contributed by atoms with Gasteiger partial charge in [0.25, 0.3) is 0 Å². The van der Waals surface area contributed by atoms with Crippen molar-refractivity contribution in [3.63, 3.8) is 0 Å². The Morgan fingerprint density at radius 1 is 1.04 bits per heavy atom. The lowest BCUT2D eigenvalue weighted by atomic mass is 9.92. The smallest absolute Gasteiger partial charge is 0.228 e. The van der Waals surface area contributed by atoms with Crippen molar-refractivity contribution in [1.82, 2.24) is 10.2 Å². The first-order valence-corrected chi connectivity index (χ1v) is 9.58. The number of para-hydroxylation sites is 1. The molecule has 5 nitrogen and oxygen atoms in total. The summed E-state index contributed by atoms with van der Waals surface area (Å²) in [5, 5.41) is 6.06. The summed E-state index contributed by atoms with van der Waals surface area (Å²) in [6, 6.07) is 6.20.